The average molecular weight is 354 g/mol. The van der Waals surface area contributed by atoms with Crippen LogP contribution in [0.5, 0.6) is 0 Å². The number of nitrogens with zero attached hydrogens (tertiary/aromatic N) is 2. The van der Waals surface area contributed by atoms with E-state index in [0.29, 0.717) is 22.8 Å². The lowest BCUT2D eigenvalue weighted by Gasteiger charge is -2.07. The van der Waals surface area contributed by atoms with E-state index in [-0.39, 0.29) is 5.91 Å². The van der Waals surface area contributed by atoms with Crippen LogP contribution in [-0.2, 0) is 13.5 Å². The van der Waals surface area contributed by atoms with Crippen molar-refractivity contribution in [3.8, 4) is 11.3 Å². The highest BCUT2D eigenvalue weighted by atomic mass is 35.5. The molecule has 3 rings (SSSR count). The van der Waals surface area contributed by atoms with Crippen LogP contribution in [0.15, 0.2) is 54.7 Å². The lowest BCUT2D eigenvalue weighted by Crippen LogP contribution is -2.25. The number of aryl methyl sites for hydroxylation is 2. The SMILES string of the molecule is Cc1cccc(CCNC(=O)c2cn(C)nc2-c2ccccc2Cl)c1. The number of halogens is 1. The highest BCUT2D eigenvalue weighted by Gasteiger charge is 2.18. The first kappa shape index (κ1) is 17.2. The maximum atomic E-state index is 12.6. The van der Waals surface area contributed by atoms with E-state index in [1.165, 1.54) is 11.1 Å². The summed E-state index contributed by atoms with van der Waals surface area (Å²) in [5, 5.41) is 7.97. The number of aromatic nitrogens is 2. The van der Waals surface area contributed by atoms with Gasteiger partial charge in [-0.05, 0) is 25.0 Å². The van der Waals surface area contributed by atoms with E-state index in [1.54, 1.807) is 24.0 Å². The Morgan fingerprint density at radius 3 is 2.76 bits per heavy atom. The molecular formula is C20H20ClN3O. The van der Waals surface area contributed by atoms with Crippen molar-refractivity contribution < 1.29 is 4.79 Å². The van der Waals surface area contributed by atoms with Crippen molar-refractivity contribution in [2.75, 3.05) is 6.54 Å². The number of benzene rings is 2. The molecule has 5 heteroatoms. The molecule has 0 fully saturated rings. The molecule has 1 aromatic heterocycles. The van der Waals surface area contributed by atoms with E-state index in [2.05, 4.69) is 35.5 Å². The predicted molar refractivity (Wildman–Crippen MR) is 101 cm³/mol. The second-order valence-corrected chi connectivity index (χ2v) is 6.45. The van der Waals surface area contributed by atoms with Gasteiger partial charge < -0.3 is 5.32 Å². The van der Waals surface area contributed by atoms with Crippen molar-refractivity contribution in [3.05, 3.63) is 76.4 Å². The number of hydrogen-bond acceptors (Lipinski definition) is 2. The van der Waals surface area contributed by atoms with Gasteiger partial charge in [0.2, 0.25) is 0 Å². The van der Waals surface area contributed by atoms with Gasteiger partial charge in [0, 0.05) is 25.4 Å². The molecule has 0 radical (unpaired) electrons. The molecular weight excluding hydrogens is 334 g/mol. The smallest absolute Gasteiger partial charge is 0.255 e. The largest absolute Gasteiger partial charge is 0.352 e. The minimum atomic E-state index is -0.143. The van der Waals surface area contributed by atoms with E-state index in [1.807, 2.05) is 24.3 Å². The van der Waals surface area contributed by atoms with Crippen LogP contribution in [-0.4, -0.2) is 22.2 Å². The molecule has 1 heterocycles. The standard InChI is InChI=1S/C20H20ClN3O/c1-14-6-5-7-15(12-14)10-11-22-20(25)17-13-24(2)23-19(17)16-8-3-4-9-18(16)21/h3-9,12-13H,10-11H2,1-2H3,(H,22,25). The van der Waals surface area contributed by atoms with Gasteiger partial charge in [0.15, 0.2) is 0 Å². The number of carbonyl (C=O) groups excluding carboxylic acids is 1. The number of amides is 1. The van der Waals surface area contributed by atoms with Gasteiger partial charge in [-0.25, -0.2) is 0 Å². The summed E-state index contributed by atoms with van der Waals surface area (Å²) in [7, 11) is 1.80. The minimum absolute atomic E-state index is 0.143. The highest BCUT2D eigenvalue weighted by molar-refractivity contribution is 6.33. The molecule has 0 atom stereocenters. The molecule has 128 valence electrons. The molecule has 4 nitrogen and oxygen atoms in total. The summed E-state index contributed by atoms with van der Waals surface area (Å²) in [6.45, 7) is 2.63. The van der Waals surface area contributed by atoms with Gasteiger partial charge in [-0.15, -0.1) is 0 Å². The van der Waals surface area contributed by atoms with Crippen molar-refractivity contribution in [2.24, 2.45) is 7.05 Å². The lowest BCUT2D eigenvalue weighted by molar-refractivity contribution is 0.0954. The maximum absolute atomic E-state index is 12.6. The Balaban J connectivity index is 1.73. The maximum Gasteiger partial charge on any atom is 0.255 e. The van der Waals surface area contributed by atoms with Crippen LogP contribution in [0.1, 0.15) is 21.5 Å². The van der Waals surface area contributed by atoms with Gasteiger partial charge >= 0.3 is 0 Å². The van der Waals surface area contributed by atoms with Gasteiger partial charge in [-0.1, -0.05) is 59.6 Å². The van der Waals surface area contributed by atoms with Crippen molar-refractivity contribution in [1.29, 1.82) is 0 Å². The number of rotatable bonds is 5. The zero-order valence-electron chi connectivity index (χ0n) is 14.3. The summed E-state index contributed by atoms with van der Waals surface area (Å²) in [6.07, 6.45) is 2.51. The fourth-order valence-electron chi connectivity index (χ4n) is 2.79. The summed E-state index contributed by atoms with van der Waals surface area (Å²) < 4.78 is 1.63. The first-order chi connectivity index (χ1) is 12.0. The third-order valence-corrected chi connectivity index (χ3v) is 4.31. The molecule has 0 saturated carbocycles. The summed E-state index contributed by atoms with van der Waals surface area (Å²) in [4.78, 5) is 12.6. The summed E-state index contributed by atoms with van der Waals surface area (Å²) in [5.41, 5.74) is 4.31. The Hall–Kier alpha value is -2.59. The van der Waals surface area contributed by atoms with Gasteiger partial charge in [-0.3, -0.25) is 9.48 Å². The quantitative estimate of drug-likeness (QED) is 0.753. The zero-order valence-corrected chi connectivity index (χ0v) is 15.0. The van der Waals surface area contributed by atoms with E-state index in [4.69, 9.17) is 11.6 Å². The molecule has 1 N–H and O–H groups in total. The van der Waals surface area contributed by atoms with Crippen LogP contribution >= 0.6 is 11.6 Å². The normalized spacial score (nSPS) is 10.7. The second kappa shape index (κ2) is 7.53. The van der Waals surface area contributed by atoms with Crippen LogP contribution in [0.4, 0.5) is 0 Å². The molecule has 0 spiro atoms. The first-order valence-corrected chi connectivity index (χ1v) is 8.54. The first-order valence-electron chi connectivity index (χ1n) is 8.17. The average Bonchev–Trinajstić information content (AvgIpc) is 2.97. The molecule has 0 bridgehead atoms. The van der Waals surface area contributed by atoms with E-state index in [9.17, 15) is 4.79 Å². The Bertz CT molecular complexity index is 901. The summed E-state index contributed by atoms with van der Waals surface area (Å²) >= 11 is 6.26. The molecule has 1 amide bonds. The summed E-state index contributed by atoms with van der Waals surface area (Å²) in [6, 6.07) is 15.7. The topological polar surface area (TPSA) is 46.9 Å². The van der Waals surface area contributed by atoms with Crippen LogP contribution in [0.25, 0.3) is 11.3 Å². The van der Waals surface area contributed by atoms with E-state index >= 15 is 0 Å². The molecule has 2 aromatic carbocycles. The molecule has 0 aliphatic carbocycles. The van der Waals surface area contributed by atoms with Gasteiger partial charge in [0.25, 0.3) is 5.91 Å². The Labute approximate surface area is 152 Å². The van der Waals surface area contributed by atoms with Crippen molar-refractivity contribution >= 4 is 17.5 Å². The Kier molecular flexibility index (Phi) is 5.19. The molecule has 0 saturated heterocycles. The highest BCUT2D eigenvalue weighted by Crippen LogP contribution is 2.28. The zero-order chi connectivity index (χ0) is 17.8. The van der Waals surface area contributed by atoms with Crippen LogP contribution in [0.2, 0.25) is 5.02 Å². The molecule has 0 aliphatic rings. The van der Waals surface area contributed by atoms with Crippen molar-refractivity contribution in [1.82, 2.24) is 15.1 Å². The van der Waals surface area contributed by atoms with E-state index in [0.717, 1.165) is 12.0 Å². The number of carbonyl (C=O) groups is 1. The molecule has 0 unspecified atom stereocenters. The van der Waals surface area contributed by atoms with Crippen molar-refractivity contribution in [3.63, 3.8) is 0 Å². The third kappa shape index (κ3) is 4.09. The Morgan fingerprint density at radius 1 is 1.20 bits per heavy atom. The molecule has 0 aliphatic heterocycles. The predicted octanol–water partition coefficient (Wildman–Crippen LogP) is 4.02. The monoisotopic (exact) mass is 353 g/mol. The van der Waals surface area contributed by atoms with Crippen molar-refractivity contribution in [2.45, 2.75) is 13.3 Å². The number of nitrogens with one attached hydrogen (secondary N) is 1. The summed E-state index contributed by atoms with van der Waals surface area (Å²) in [5.74, 6) is -0.143. The van der Waals surface area contributed by atoms with Crippen LogP contribution in [0, 0.1) is 6.92 Å². The van der Waals surface area contributed by atoms with Gasteiger partial charge in [0.05, 0.1) is 10.6 Å². The fourth-order valence-corrected chi connectivity index (χ4v) is 3.02. The third-order valence-electron chi connectivity index (χ3n) is 3.98. The second-order valence-electron chi connectivity index (χ2n) is 6.04. The van der Waals surface area contributed by atoms with Gasteiger partial charge in [-0.2, -0.15) is 5.10 Å². The fraction of sp³-hybridized carbons (Fsp3) is 0.200. The Morgan fingerprint density at radius 2 is 2.00 bits per heavy atom. The molecule has 3 aromatic rings. The molecule has 25 heavy (non-hydrogen) atoms. The van der Waals surface area contributed by atoms with Gasteiger partial charge in [0.1, 0.15) is 5.69 Å². The van der Waals surface area contributed by atoms with E-state index < -0.39 is 0 Å². The minimum Gasteiger partial charge on any atom is -0.352 e. The van der Waals surface area contributed by atoms with Crippen LogP contribution in [0.3, 0.4) is 0 Å². The lowest BCUT2D eigenvalue weighted by atomic mass is 10.1. The number of hydrogen-bond donors (Lipinski definition) is 1. The van der Waals surface area contributed by atoms with Crippen LogP contribution < -0.4 is 5.32 Å².